The number of rotatable bonds is 6. The predicted molar refractivity (Wildman–Crippen MR) is 118 cm³/mol. The number of carbonyl (C=O) groups is 3. The van der Waals surface area contributed by atoms with Crippen LogP contribution in [0.4, 0.5) is 0 Å². The van der Waals surface area contributed by atoms with Crippen molar-refractivity contribution in [3.63, 3.8) is 0 Å². The van der Waals surface area contributed by atoms with Crippen LogP contribution in [0.25, 0.3) is 0 Å². The monoisotopic (exact) mass is 412 g/mol. The third-order valence-corrected chi connectivity index (χ3v) is 8.39. The van der Waals surface area contributed by atoms with Crippen LogP contribution in [-0.4, -0.2) is 22.5 Å². The molecule has 5 atom stereocenters. The maximum Gasteiger partial charge on any atom is 0.183 e. The molecule has 2 bridgehead atoms. The highest BCUT2D eigenvalue weighted by Gasteiger charge is 2.77. The molecular weight excluding hydrogens is 376 g/mol. The molecule has 0 radical (unpaired) electrons. The highest BCUT2D eigenvalue weighted by atomic mass is 16.3. The summed E-state index contributed by atoms with van der Waals surface area (Å²) in [6, 6.07) is 0. The number of aliphatic hydroxyl groups is 1. The van der Waals surface area contributed by atoms with Crippen LogP contribution < -0.4 is 0 Å². The molecule has 0 aromatic rings. The Labute approximate surface area is 180 Å². The summed E-state index contributed by atoms with van der Waals surface area (Å²) in [5.74, 6) is -1.80. The molecule has 1 spiro atoms. The molecule has 0 aromatic carbocycles. The number of fused-ring (bicyclic) bond motifs is 1. The van der Waals surface area contributed by atoms with Gasteiger partial charge in [0.2, 0.25) is 0 Å². The van der Waals surface area contributed by atoms with E-state index >= 15 is 0 Å². The topological polar surface area (TPSA) is 71.4 Å². The van der Waals surface area contributed by atoms with E-state index in [0.29, 0.717) is 25.7 Å². The van der Waals surface area contributed by atoms with Gasteiger partial charge in [0, 0.05) is 5.92 Å². The fourth-order valence-corrected chi connectivity index (χ4v) is 6.41. The van der Waals surface area contributed by atoms with Crippen LogP contribution >= 0.6 is 0 Å². The second kappa shape index (κ2) is 7.03. The average molecular weight is 413 g/mol. The first-order valence-corrected chi connectivity index (χ1v) is 11.1. The molecular formula is C26H36O4. The van der Waals surface area contributed by atoms with E-state index in [2.05, 4.69) is 20.4 Å². The summed E-state index contributed by atoms with van der Waals surface area (Å²) in [6.45, 7) is 17.9. The zero-order valence-corrected chi connectivity index (χ0v) is 19.5. The van der Waals surface area contributed by atoms with Crippen LogP contribution in [0.3, 0.4) is 0 Å². The summed E-state index contributed by atoms with van der Waals surface area (Å²) in [6.07, 6.45) is 3.65. The van der Waals surface area contributed by atoms with E-state index in [1.165, 1.54) is 0 Å². The molecule has 0 aliphatic heterocycles. The molecule has 3 unspecified atom stereocenters. The normalized spacial score (nSPS) is 35.3. The van der Waals surface area contributed by atoms with Crippen LogP contribution in [0.2, 0.25) is 0 Å². The number of hydrogen-bond acceptors (Lipinski definition) is 4. The van der Waals surface area contributed by atoms with E-state index in [9.17, 15) is 19.5 Å². The van der Waals surface area contributed by atoms with Crippen LogP contribution in [0, 0.1) is 34.0 Å². The van der Waals surface area contributed by atoms with Gasteiger partial charge in [-0.05, 0) is 63.7 Å². The molecule has 4 nitrogen and oxygen atoms in total. The fraction of sp³-hybridized carbons (Fsp3) is 0.654. The Balaban J connectivity index is 2.29. The first-order chi connectivity index (χ1) is 13.8. The van der Waals surface area contributed by atoms with Gasteiger partial charge in [-0.15, -0.1) is 0 Å². The Hall–Kier alpha value is -1.97. The molecule has 3 aliphatic rings. The Morgan fingerprint density at radius 3 is 2.33 bits per heavy atom. The second-order valence-electron chi connectivity index (χ2n) is 10.8. The van der Waals surface area contributed by atoms with Gasteiger partial charge in [0.05, 0.1) is 10.8 Å². The summed E-state index contributed by atoms with van der Waals surface area (Å²) in [4.78, 5) is 41.2. The van der Waals surface area contributed by atoms with Gasteiger partial charge in [-0.1, -0.05) is 51.5 Å². The van der Waals surface area contributed by atoms with Gasteiger partial charge < -0.3 is 5.11 Å². The lowest BCUT2D eigenvalue weighted by Crippen LogP contribution is -2.50. The fourth-order valence-electron chi connectivity index (χ4n) is 6.41. The van der Waals surface area contributed by atoms with Crippen molar-refractivity contribution in [1.29, 1.82) is 0 Å². The Bertz CT molecular complexity index is 898. The summed E-state index contributed by atoms with van der Waals surface area (Å²) >= 11 is 0. The van der Waals surface area contributed by atoms with Crippen molar-refractivity contribution in [3.8, 4) is 0 Å². The second-order valence-corrected chi connectivity index (χ2v) is 10.8. The van der Waals surface area contributed by atoms with E-state index in [1.807, 2.05) is 33.8 Å². The van der Waals surface area contributed by atoms with Crippen LogP contribution in [0.5, 0.6) is 0 Å². The molecule has 0 heterocycles. The number of aliphatic hydroxyl groups excluding tert-OH is 1. The van der Waals surface area contributed by atoms with Crippen molar-refractivity contribution in [2.45, 2.75) is 74.1 Å². The molecule has 3 aliphatic carbocycles. The first kappa shape index (κ1) is 22.7. The van der Waals surface area contributed by atoms with E-state index in [1.54, 1.807) is 6.92 Å². The minimum absolute atomic E-state index is 0.0250. The molecule has 164 valence electrons. The molecule has 0 amide bonds. The van der Waals surface area contributed by atoms with E-state index in [0.717, 1.165) is 11.1 Å². The van der Waals surface area contributed by atoms with E-state index in [4.69, 9.17) is 0 Å². The Kier molecular flexibility index (Phi) is 5.32. The molecule has 3 rings (SSSR count). The minimum atomic E-state index is -1.23. The van der Waals surface area contributed by atoms with Gasteiger partial charge in [-0.25, -0.2) is 0 Å². The number of allylic oxidation sites excluding steroid dienone is 5. The maximum absolute atomic E-state index is 14.0. The SMILES string of the molecule is C=C(C)C1C[C@]23C(=O)C(C(=O)C(C)CC)=C(O)C(CC=C(C)C)(C[C@H]2C1(C)C)C3=O. The first-order valence-electron chi connectivity index (χ1n) is 11.1. The molecule has 1 N–H and O–H groups in total. The van der Waals surface area contributed by atoms with Crippen molar-refractivity contribution in [2.75, 3.05) is 0 Å². The lowest BCUT2D eigenvalue weighted by molar-refractivity contribution is -0.145. The number of ketones is 3. The predicted octanol–water partition coefficient (Wildman–Crippen LogP) is 5.54. The van der Waals surface area contributed by atoms with Crippen molar-refractivity contribution in [2.24, 2.45) is 34.0 Å². The molecule has 4 heteroatoms. The van der Waals surface area contributed by atoms with Gasteiger partial charge in [0.1, 0.15) is 11.3 Å². The largest absolute Gasteiger partial charge is 0.510 e. The van der Waals surface area contributed by atoms with Gasteiger partial charge in [0.25, 0.3) is 0 Å². The maximum atomic E-state index is 14.0. The van der Waals surface area contributed by atoms with Crippen molar-refractivity contribution >= 4 is 17.3 Å². The van der Waals surface area contributed by atoms with Gasteiger partial charge in [0.15, 0.2) is 17.3 Å². The Morgan fingerprint density at radius 2 is 1.83 bits per heavy atom. The molecule has 2 fully saturated rings. The third-order valence-electron chi connectivity index (χ3n) is 8.39. The van der Waals surface area contributed by atoms with E-state index in [-0.39, 0.29) is 46.1 Å². The minimum Gasteiger partial charge on any atom is -0.510 e. The molecule has 0 saturated heterocycles. The quantitative estimate of drug-likeness (QED) is 0.353. The van der Waals surface area contributed by atoms with Crippen LogP contribution in [-0.2, 0) is 14.4 Å². The van der Waals surface area contributed by atoms with Gasteiger partial charge in [-0.2, -0.15) is 0 Å². The van der Waals surface area contributed by atoms with E-state index < -0.39 is 16.6 Å². The third kappa shape index (κ3) is 2.68. The van der Waals surface area contributed by atoms with Crippen molar-refractivity contribution in [1.82, 2.24) is 0 Å². The van der Waals surface area contributed by atoms with Crippen molar-refractivity contribution < 1.29 is 19.5 Å². The lowest BCUT2D eigenvalue weighted by atomic mass is 9.62. The van der Waals surface area contributed by atoms with Crippen LogP contribution in [0.15, 0.2) is 35.1 Å². The van der Waals surface area contributed by atoms with Gasteiger partial charge >= 0.3 is 0 Å². The smallest absolute Gasteiger partial charge is 0.183 e. The number of hydrogen-bond donors (Lipinski definition) is 1. The molecule has 0 aromatic heterocycles. The summed E-state index contributed by atoms with van der Waals surface area (Å²) in [5, 5.41) is 11.3. The molecule has 2 saturated carbocycles. The molecule has 30 heavy (non-hydrogen) atoms. The number of Topliss-reactive ketones (excluding diaryl/α,β-unsaturated/α-hetero) is 3. The standard InChI is InChI=1S/C26H36O4/c1-9-16(6)20(27)19-21(28)25(11-10-14(2)3)13-18-24(7,8)17(15(4)5)12-26(18,22(19)29)23(25)30/h10,16-18,28H,4,9,11-13H2,1-3,5-8H3/t16?,17?,18-,25?,26+/m0/s1. The zero-order chi connectivity index (χ0) is 22.8. The van der Waals surface area contributed by atoms with Gasteiger partial charge in [-0.3, -0.25) is 14.4 Å². The zero-order valence-electron chi connectivity index (χ0n) is 19.5. The summed E-state index contributed by atoms with van der Waals surface area (Å²) in [7, 11) is 0. The highest BCUT2D eigenvalue weighted by molar-refractivity contribution is 6.32. The summed E-state index contributed by atoms with van der Waals surface area (Å²) < 4.78 is 0. The van der Waals surface area contributed by atoms with Crippen LogP contribution in [0.1, 0.15) is 74.1 Å². The van der Waals surface area contributed by atoms with Crippen molar-refractivity contribution in [3.05, 3.63) is 35.1 Å². The summed E-state index contributed by atoms with van der Waals surface area (Å²) in [5.41, 5.74) is -0.820. The highest BCUT2D eigenvalue weighted by Crippen LogP contribution is 2.72. The lowest BCUT2D eigenvalue weighted by Gasteiger charge is -2.37. The Morgan fingerprint density at radius 1 is 1.23 bits per heavy atom. The average Bonchev–Trinajstić information content (AvgIpc) is 3.03. The number of carbonyl (C=O) groups excluding carboxylic acids is 3.